The van der Waals surface area contributed by atoms with Crippen molar-refractivity contribution >= 4 is 22.4 Å². The number of hydrazine groups is 1. The predicted octanol–water partition coefficient (Wildman–Crippen LogP) is -0.218. The molecule has 0 aliphatic carbocycles. The number of nitrogens with two attached hydrogens (primary N) is 1. The number of carbonyl (C=O) groups is 1. The molecule has 0 saturated heterocycles. The van der Waals surface area contributed by atoms with E-state index in [0.717, 1.165) is 11.4 Å². The molecule has 17 heavy (non-hydrogen) atoms. The Bertz CT molecular complexity index is 355. The summed E-state index contributed by atoms with van der Waals surface area (Å²) in [6.07, 6.45) is 0.942. The average Bonchev–Trinajstić information content (AvgIpc) is 2.73. The van der Waals surface area contributed by atoms with Crippen LogP contribution in [0.15, 0.2) is 0 Å². The standard InChI is InChI=1S/C9H18N6OS/c1-3-4-11-7(16)5-15(2)6-8-13-14-9(12-10)17-8/h3-6,10H2,1-2H3,(H,11,16)(H,12,14). The van der Waals surface area contributed by atoms with Gasteiger partial charge in [-0.3, -0.25) is 15.1 Å². The number of carbonyl (C=O) groups excluding carboxylic acids is 1. The Morgan fingerprint density at radius 1 is 1.53 bits per heavy atom. The van der Waals surface area contributed by atoms with Crippen LogP contribution in [0, 0.1) is 0 Å². The van der Waals surface area contributed by atoms with Crippen LogP contribution >= 0.6 is 11.3 Å². The van der Waals surface area contributed by atoms with Gasteiger partial charge >= 0.3 is 0 Å². The number of nitrogens with one attached hydrogen (secondary N) is 2. The summed E-state index contributed by atoms with van der Waals surface area (Å²) >= 11 is 1.37. The molecule has 1 aromatic rings. The second-order valence-electron chi connectivity index (χ2n) is 3.67. The lowest BCUT2D eigenvalue weighted by atomic mass is 10.4. The van der Waals surface area contributed by atoms with Crippen LogP contribution < -0.4 is 16.6 Å². The molecule has 0 aliphatic rings. The SMILES string of the molecule is CCCNC(=O)CN(C)Cc1nnc(NN)s1. The molecule has 0 fully saturated rings. The van der Waals surface area contributed by atoms with Crippen LogP contribution in [0.3, 0.4) is 0 Å². The maximum atomic E-state index is 11.4. The van der Waals surface area contributed by atoms with E-state index in [1.807, 2.05) is 18.9 Å². The van der Waals surface area contributed by atoms with Crippen molar-refractivity contribution in [2.24, 2.45) is 5.84 Å². The Morgan fingerprint density at radius 3 is 2.88 bits per heavy atom. The zero-order chi connectivity index (χ0) is 12.7. The normalized spacial score (nSPS) is 10.6. The molecule has 1 aromatic heterocycles. The van der Waals surface area contributed by atoms with E-state index in [4.69, 9.17) is 5.84 Å². The van der Waals surface area contributed by atoms with Crippen molar-refractivity contribution < 1.29 is 4.79 Å². The zero-order valence-electron chi connectivity index (χ0n) is 10.1. The second kappa shape index (κ2) is 7.15. The molecule has 0 aromatic carbocycles. The highest BCUT2D eigenvalue weighted by molar-refractivity contribution is 7.15. The number of anilines is 1. The topological polar surface area (TPSA) is 96.2 Å². The van der Waals surface area contributed by atoms with Crippen molar-refractivity contribution in [1.29, 1.82) is 0 Å². The summed E-state index contributed by atoms with van der Waals surface area (Å²) in [5.74, 6) is 5.23. The Labute approximate surface area is 104 Å². The number of nitrogen functional groups attached to an aromatic ring is 1. The predicted molar refractivity (Wildman–Crippen MR) is 67.4 cm³/mol. The van der Waals surface area contributed by atoms with Crippen LogP contribution in [0.2, 0.25) is 0 Å². The maximum absolute atomic E-state index is 11.4. The molecule has 0 bridgehead atoms. The van der Waals surface area contributed by atoms with Crippen LogP contribution in [0.5, 0.6) is 0 Å². The minimum absolute atomic E-state index is 0.0241. The number of hydrogen-bond acceptors (Lipinski definition) is 7. The Balaban J connectivity index is 2.33. The third kappa shape index (κ3) is 5.07. The molecule has 0 saturated carbocycles. The molecular weight excluding hydrogens is 240 g/mol. The first-order chi connectivity index (χ1) is 8.15. The highest BCUT2D eigenvalue weighted by Crippen LogP contribution is 2.14. The fourth-order valence-electron chi connectivity index (χ4n) is 1.23. The van der Waals surface area contributed by atoms with Gasteiger partial charge in [0.25, 0.3) is 0 Å². The number of likely N-dealkylation sites (N-methyl/N-ethyl adjacent to an activating group) is 1. The van der Waals surface area contributed by atoms with Gasteiger partial charge in [-0.1, -0.05) is 18.3 Å². The third-order valence-corrected chi connectivity index (χ3v) is 2.82. The Kier molecular flexibility index (Phi) is 5.81. The van der Waals surface area contributed by atoms with E-state index in [1.165, 1.54) is 11.3 Å². The molecule has 1 heterocycles. The van der Waals surface area contributed by atoms with Crippen molar-refractivity contribution in [2.75, 3.05) is 25.6 Å². The van der Waals surface area contributed by atoms with Gasteiger partial charge in [0.2, 0.25) is 11.0 Å². The lowest BCUT2D eigenvalue weighted by Crippen LogP contribution is -2.35. The highest BCUT2D eigenvalue weighted by atomic mass is 32.1. The van der Waals surface area contributed by atoms with Crippen molar-refractivity contribution in [2.45, 2.75) is 19.9 Å². The van der Waals surface area contributed by atoms with Gasteiger partial charge < -0.3 is 5.32 Å². The van der Waals surface area contributed by atoms with Crippen LogP contribution in [0.1, 0.15) is 18.4 Å². The average molecular weight is 258 g/mol. The Hall–Kier alpha value is -1.25. The maximum Gasteiger partial charge on any atom is 0.234 e. The molecule has 0 atom stereocenters. The lowest BCUT2D eigenvalue weighted by molar-refractivity contribution is -0.122. The van der Waals surface area contributed by atoms with Crippen LogP contribution in [0.25, 0.3) is 0 Å². The highest BCUT2D eigenvalue weighted by Gasteiger charge is 2.09. The van der Waals surface area contributed by atoms with Gasteiger partial charge in [0.05, 0.1) is 13.1 Å². The molecule has 8 heteroatoms. The minimum Gasteiger partial charge on any atom is -0.355 e. The molecule has 96 valence electrons. The molecule has 0 radical (unpaired) electrons. The molecule has 0 unspecified atom stereocenters. The fraction of sp³-hybridized carbons (Fsp3) is 0.667. The molecule has 1 rings (SSSR count). The quantitative estimate of drug-likeness (QED) is 0.462. The van der Waals surface area contributed by atoms with Gasteiger partial charge in [0.15, 0.2) is 0 Å². The van der Waals surface area contributed by atoms with E-state index in [0.29, 0.717) is 24.8 Å². The van der Waals surface area contributed by atoms with Gasteiger partial charge in [0, 0.05) is 6.54 Å². The molecule has 1 amide bonds. The van der Waals surface area contributed by atoms with E-state index in [9.17, 15) is 4.79 Å². The molecule has 0 spiro atoms. The van der Waals surface area contributed by atoms with Crippen LogP contribution in [0.4, 0.5) is 5.13 Å². The molecule has 0 aliphatic heterocycles. The van der Waals surface area contributed by atoms with Crippen molar-refractivity contribution in [3.63, 3.8) is 0 Å². The first-order valence-corrected chi connectivity index (χ1v) is 6.21. The summed E-state index contributed by atoms with van der Waals surface area (Å²) in [5.41, 5.74) is 2.44. The zero-order valence-corrected chi connectivity index (χ0v) is 10.9. The summed E-state index contributed by atoms with van der Waals surface area (Å²) in [6, 6.07) is 0. The third-order valence-electron chi connectivity index (χ3n) is 1.98. The van der Waals surface area contributed by atoms with Gasteiger partial charge in [-0.15, -0.1) is 10.2 Å². The number of hydrogen-bond donors (Lipinski definition) is 3. The van der Waals surface area contributed by atoms with E-state index in [-0.39, 0.29) is 5.91 Å². The van der Waals surface area contributed by atoms with Crippen LogP contribution in [-0.2, 0) is 11.3 Å². The van der Waals surface area contributed by atoms with E-state index in [1.54, 1.807) is 0 Å². The summed E-state index contributed by atoms with van der Waals surface area (Å²) in [4.78, 5) is 13.3. The number of nitrogens with zero attached hydrogens (tertiary/aromatic N) is 3. The van der Waals surface area contributed by atoms with Gasteiger partial charge in [0.1, 0.15) is 5.01 Å². The van der Waals surface area contributed by atoms with Crippen molar-refractivity contribution in [3.8, 4) is 0 Å². The summed E-state index contributed by atoms with van der Waals surface area (Å²) in [6.45, 7) is 3.67. The first kappa shape index (κ1) is 13.8. The largest absolute Gasteiger partial charge is 0.355 e. The molecule has 7 nitrogen and oxygen atoms in total. The van der Waals surface area contributed by atoms with Gasteiger partial charge in [-0.2, -0.15) is 0 Å². The number of aromatic nitrogens is 2. The molecule has 4 N–H and O–H groups in total. The second-order valence-corrected chi connectivity index (χ2v) is 4.73. The lowest BCUT2D eigenvalue weighted by Gasteiger charge is -2.13. The Morgan fingerprint density at radius 2 is 2.29 bits per heavy atom. The van der Waals surface area contributed by atoms with Crippen molar-refractivity contribution in [3.05, 3.63) is 5.01 Å². The minimum atomic E-state index is 0.0241. The van der Waals surface area contributed by atoms with E-state index in [2.05, 4.69) is 20.9 Å². The fourth-order valence-corrected chi connectivity index (χ4v) is 1.96. The van der Waals surface area contributed by atoms with Gasteiger partial charge in [-0.25, -0.2) is 5.84 Å². The van der Waals surface area contributed by atoms with Crippen molar-refractivity contribution in [1.82, 2.24) is 20.4 Å². The van der Waals surface area contributed by atoms with Crippen LogP contribution in [-0.4, -0.2) is 41.1 Å². The number of amides is 1. The monoisotopic (exact) mass is 258 g/mol. The summed E-state index contributed by atoms with van der Waals surface area (Å²) in [5, 5.41) is 12.0. The summed E-state index contributed by atoms with van der Waals surface area (Å²) in [7, 11) is 1.86. The van der Waals surface area contributed by atoms with E-state index < -0.39 is 0 Å². The van der Waals surface area contributed by atoms with E-state index >= 15 is 0 Å². The molecular formula is C9H18N6OS. The van der Waals surface area contributed by atoms with Gasteiger partial charge in [-0.05, 0) is 13.5 Å². The number of rotatable bonds is 7. The smallest absolute Gasteiger partial charge is 0.234 e. The summed E-state index contributed by atoms with van der Waals surface area (Å²) < 4.78 is 0. The first-order valence-electron chi connectivity index (χ1n) is 5.40.